The Morgan fingerprint density at radius 3 is 2.67 bits per heavy atom. The highest BCUT2D eigenvalue weighted by Gasteiger charge is 2.05. The molecule has 1 heterocycles. The third-order valence-electron chi connectivity index (χ3n) is 3.20. The van der Waals surface area contributed by atoms with Crippen molar-refractivity contribution in [2.24, 2.45) is 5.73 Å². The van der Waals surface area contributed by atoms with Crippen molar-refractivity contribution in [3.8, 4) is 5.75 Å². The lowest BCUT2D eigenvalue weighted by molar-refractivity contribution is 0.305. The van der Waals surface area contributed by atoms with Crippen molar-refractivity contribution in [3.05, 3.63) is 57.8 Å². The lowest BCUT2D eigenvalue weighted by Gasteiger charge is -2.10. The summed E-state index contributed by atoms with van der Waals surface area (Å²) < 4.78 is 5.68. The van der Waals surface area contributed by atoms with E-state index in [0.717, 1.165) is 24.1 Å². The number of nitrogens with zero attached hydrogens (tertiary/aromatic N) is 1. The van der Waals surface area contributed by atoms with Gasteiger partial charge >= 0.3 is 0 Å². The summed E-state index contributed by atoms with van der Waals surface area (Å²) in [4.78, 5) is 4.36. The Morgan fingerprint density at radius 2 is 2.05 bits per heavy atom. The van der Waals surface area contributed by atoms with Crippen molar-refractivity contribution >= 4 is 23.2 Å². The second kappa shape index (κ2) is 7.64. The Bertz CT molecular complexity index is 587. The summed E-state index contributed by atoms with van der Waals surface area (Å²) in [5, 5.41) is 1.21. The third kappa shape index (κ3) is 4.88. The summed E-state index contributed by atoms with van der Waals surface area (Å²) in [7, 11) is 0. The SMILES string of the molecule is CCC(N)Cc1ccc(OCc2ccc(Cl)cc2Cl)cn1. The van der Waals surface area contributed by atoms with Gasteiger partial charge in [0.2, 0.25) is 0 Å². The number of aromatic nitrogens is 1. The zero-order valence-corrected chi connectivity index (χ0v) is 13.4. The molecular weight excluding hydrogens is 307 g/mol. The number of ether oxygens (including phenoxy) is 1. The van der Waals surface area contributed by atoms with E-state index in [0.29, 0.717) is 22.4 Å². The normalized spacial score (nSPS) is 12.2. The van der Waals surface area contributed by atoms with Crippen molar-refractivity contribution in [1.29, 1.82) is 0 Å². The predicted molar refractivity (Wildman–Crippen MR) is 87.0 cm³/mol. The molecule has 2 aromatic rings. The molecule has 21 heavy (non-hydrogen) atoms. The molecule has 0 fully saturated rings. The van der Waals surface area contributed by atoms with Crippen LogP contribution >= 0.6 is 23.2 Å². The first-order valence-corrected chi connectivity index (χ1v) is 7.61. The van der Waals surface area contributed by atoms with Crippen LogP contribution in [0.25, 0.3) is 0 Å². The molecule has 0 saturated carbocycles. The molecule has 1 aromatic carbocycles. The van der Waals surface area contributed by atoms with Crippen LogP contribution in [0, 0.1) is 0 Å². The Morgan fingerprint density at radius 1 is 1.24 bits per heavy atom. The van der Waals surface area contributed by atoms with Gasteiger partial charge in [-0.3, -0.25) is 4.98 Å². The first kappa shape index (κ1) is 16.1. The number of halogens is 2. The van der Waals surface area contributed by atoms with Gasteiger partial charge in [0.05, 0.1) is 6.20 Å². The Hall–Kier alpha value is -1.29. The van der Waals surface area contributed by atoms with Crippen LogP contribution in [-0.4, -0.2) is 11.0 Å². The molecule has 3 nitrogen and oxygen atoms in total. The van der Waals surface area contributed by atoms with Gasteiger partial charge in [-0.1, -0.05) is 36.2 Å². The van der Waals surface area contributed by atoms with E-state index in [-0.39, 0.29) is 6.04 Å². The van der Waals surface area contributed by atoms with E-state index in [1.165, 1.54) is 0 Å². The largest absolute Gasteiger partial charge is 0.487 e. The predicted octanol–water partition coefficient (Wildman–Crippen LogP) is 4.25. The van der Waals surface area contributed by atoms with Crippen molar-refractivity contribution < 1.29 is 4.74 Å². The molecule has 1 aromatic heterocycles. The minimum atomic E-state index is 0.150. The van der Waals surface area contributed by atoms with E-state index in [1.807, 2.05) is 18.2 Å². The van der Waals surface area contributed by atoms with Crippen LogP contribution in [0.15, 0.2) is 36.5 Å². The topological polar surface area (TPSA) is 48.1 Å². The molecule has 2 N–H and O–H groups in total. The standard InChI is InChI=1S/C16H18Cl2N2O/c1-2-13(19)8-14-5-6-15(9-20-14)21-10-11-3-4-12(17)7-16(11)18/h3-7,9,13H,2,8,10,19H2,1H3. The van der Waals surface area contributed by atoms with E-state index in [1.54, 1.807) is 18.3 Å². The number of rotatable bonds is 6. The molecule has 0 aliphatic heterocycles. The molecule has 1 atom stereocenters. The van der Waals surface area contributed by atoms with Crippen molar-refractivity contribution in [2.75, 3.05) is 0 Å². The van der Waals surface area contributed by atoms with Gasteiger partial charge in [0.1, 0.15) is 12.4 Å². The molecule has 5 heteroatoms. The van der Waals surface area contributed by atoms with E-state index in [2.05, 4.69) is 11.9 Å². The first-order chi connectivity index (χ1) is 10.1. The average molecular weight is 325 g/mol. The summed E-state index contributed by atoms with van der Waals surface area (Å²) in [5.41, 5.74) is 7.77. The molecule has 0 radical (unpaired) electrons. The molecule has 0 bridgehead atoms. The maximum absolute atomic E-state index is 6.10. The molecule has 0 saturated heterocycles. The van der Waals surface area contributed by atoms with E-state index < -0.39 is 0 Å². The zero-order chi connectivity index (χ0) is 15.2. The zero-order valence-electron chi connectivity index (χ0n) is 11.9. The van der Waals surface area contributed by atoms with E-state index in [4.69, 9.17) is 33.7 Å². The molecule has 0 aliphatic rings. The van der Waals surface area contributed by atoms with Gasteiger partial charge in [-0.05, 0) is 30.7 Å². The van der Waals surface area contributed by atoms with Crippen LogP contribution in [0.2, 0.25) is 10.0 Å². The minimum Gasteiger partial charge on any atom is -0.487 e. The van der Waals surface area contributed by atoms with Gasteiger partial charge in [0.25, 0.3) is 0 Å². The third-order valence-corrected chi connectivity index (χ3v) is 3.79. The summed E-state index contributed by atoms with van der Waals surface area (Å²) in [5.74, 6) is 0.704. The van der Waals surface area contributed by atoms with E-state index >= 15 is 0 Å². The first-order valence-electron chi connectivity index (χ1n) is 6.85. The van der Waals surface area contributed by atoms with Gasteiger partial charge in [0, 0.05) is 33.8 Å². The molecule has 112 valence electrons. The molecule has 0 spiro atoms. The van der Waals surface area contributed by atoms with Gasteiger partial charge in [0.15, 0.2) is 0 Å². The summed E-state index contributed by atoms with van der Waals surface area (Å²) >= 11 is 12.0. The van der Waals surface area contributed by atoms with Gasteiger partial charge in [-0.25, -0.2) is 0 Å². The lowest BCUT2D eigenvalue weighted by Crippen LogP contribution is -2.21. The fourth-order valence-electron chi connectivity index (χ4n) is 1.83. The number of pyridine rings is 1. The average Bonchev–Trinajstić information content (AvgIpc) is 2.48. The quantitative estimate of drug-likeness (QED) is 0.864. The molecular formula is C16H18Cl2N2O. The fraction of sp³-hybridized carbons (Fsp3) is 0.312. The highest BCUT2D eigenvalue weighted by molar-refractivity contribution is 6.35. The molecule has 1 unspecified atom stereocenters. The molecule has 0 amide bonds. The Balaban J connectivity index is 1.94. The van der Waals surface area contributed by atoms with Crippen molar-refractivity contribution in [1.82, 2.24) is 4.98 Å². The number of hydrogen-bond donors (Lipinski definition) is 1. The Labute approximate surface area is 135 Å². The van der Waals surface area contributed by atoms with Gasteiger partial charge in [-0.2, -0.15) is 0 Å². The summed E-state index contributed by atoms with van der Waals surface area (Å²) in [6, 6.07) is 9.34. The molecule has 0 aliphatic carbocycles. The van der Waals surface area contributed by atoms with Gasteiger partial charge < -0.3 is 10.5 Å². The van der Waals surface area contributed by atoms with Crippen LogP contribution in [0.1, 0.15) is 24.6 Å². The maximum Gasteiger partial charge on any atom is 0.138 e. The highest BCUT2D eigenvalue weighted by Crippen LogP contribution is 2.22. The number of nitrogens with two attached hydrogens (primary N) is 1. The van der Waals surface area contributed by atoms with Crippen LogP contribution in [-0.2, 0) is 13.0 Å². The van der Waals surface area contributed by atoms with Crippen LogP contribution in [0.3, 0.4) is 0 Å². The lowest BCUT2D eigenvalue weighted by atomic mass is 10.1. The maximum atomic E-state index is 6.10. The van der Waals surface area contributed by atoms with Crippen LogP contribution in [0.5, 0.6) is 5.75 Å². The Kier molecular flexibility index (Phi) is 5.85. The summed E-state index contributed by atoms with van der Waals surface area (Å²) in [6.07, 6.45) is 3.43. The second-order valence-electron chi connectivity index (χ2n) is 4.88. The summed E-state index contributed by atoms with van der Waals surface area (Å²) in [6.45, 7) is 2.45. The van der Waals surface area contributed by atoms with Crippen molar-refractivity contribution in [3.63, 3.8) is 0 Å². The number of hydrogen-bond acceptors (Lipinski definition) is 3. The molecule has 2 rings (SSSR count). The highest BCUT2D eigenvalue weighted by atomic mass is 35.5. The van der Waals surface area contributed by atoms with Crippen molar-refractivity contribution in [2.45, 2.75) is 32.4 Å². The fourth-order valence-corrected chi connectivity index (χ4v) is 2.29. The monoisotopic (exact) mass is 324 g/mol. The van der Waals surface area contributed by atoms with Crippen LogP contribution < -0.4 is 10.5 Å². The smallest absolute Gasteiger partial charge is 0.138 e. The van der Waals surface area contributed by atoms with Crippen LogP contribution in [0.4, 0.5) is 0 Å². The van der Waals surface area contributed by atoms with Gasteiger partial charge in [-0.15, -0.1) is 0 Å². The second-order valence-corrected chi connectivity index (χ2v) is 5.73. The number of benzene rings is 1. The van der Waals surface area contributed by atoms with E-state index in [9.17, 15) is 0 Å². The minimum absolute atomic E-state index is 0.150.